The molecule has 0 spiro atoms. The summed E-state index contributed by atoms with van der Waals surface area (Å²) in [5, 5.41) is 4.45. The lowest BCUT2D eigenvalue weighted by molar-refractivity contribution is -0.313. The Kier molecular flexibility index (Phi) is 7.37. The van der Waals surface area contributed by atoms with Gasteiger partial charge in [0.25, 0.3) is 0 Å². The summed E-state index contributed by atoms with van der Waals surface area (Å²) < 4.78 is 6.35. The predicted octanol–water partition coefficient (Wildman–Crippen LogP) is 6.17. The van der Waals surface area contributed by atoms with E-state index in [0.29, 0.717) is 24.2 Å². The highest BCUT2D eigenvalue weighted by Crippen LogP contribution is 2.34. The normalized spacial score (nSPS) is 13.5. The lowest BCUT2D eigenvalue weighted by Crippen LogP contribution is -2.19. The van der Waals surface area contributed by atoms with Gasteiger partial charge < -0.3 is 14.7 Å². The largest absolute Gasteiger partial charge is 0.439 e. The summed E-state index contributed by atoms with van der Waals surface area (Å²) in [5.74, 6) is 1.95. The quantitative estimate of drug-likeness (QED) is 0.168. The first-order valence-corrected chi connectivity index (χ1v) is 11.2. The summed E-state index contributed by atoms with van der Waals surface area (Å²) in [6, 6.07) is 18.1. The summed E-state index contributed by atoms with van der Waals surface area (Å²) in [6.45, 7) is 5.02. The molecule has 4 aromatic rings. The molecule has 2 aromatic carbocycles. The van der Waals surface area contributed by atoms with Crippen LogP contribution in [0, 0.1) is 5.92 Å². The minimum atomic E-state index is 0.0351. The molecule has 2 aromatic heterocycles. The first-order valence-electron chi connectivity index (χ1n) is 11.2. The Balaban J connectivity index is 1.58. The Hall–Kier alpha value is -2.93. The number of hydrogen-bond donors (Lipinski definition) is 2. The van der Waals surface area contributed by atoms with Crippen molar-refractivity contribution in [1.29, 1.82) is 0 Å². The van der Waals surface area contributed by atoms with Crippen LogP contribution in [-0.4, -0.2) is 17.0 Å². The molecule has 0 aliphatic rings. The van der Waals surface area contributed by atoms with Gasteiger partial charge in [-0.25, -0.2) is 14.8 Å². The van der Waals surface area contributed by atoms with Crippen LogP contribution in [0.4, 0.5) is 0 Å². The molecule has 0 aliphatic carbocycles. The molecule has 2 N–H and O–H groups in total. The van der Waals surface area contributed by atoms with E-state index in [1.165, 1.54) is 0 Å². The van der Waals surface area contributed by atoms with Gasteiger partial charge in [-0.2, -0.15) is 0 Å². The second-order valence-electron chi connectivity index (χ2n) is 8.18. The van der Waals surface area contributed by atoms with Crippen LogP contribution in [-0.2, 0) is 23.0 Å². The molecular weight excluding hydrogens is 402 g/mol. The highest BCUT2D eigenvalue weighted by Gasteiger charge is 2.24. The zero-order valence-electron chi connectivity index (χ0n) is 18.9. The molecule has 2 atom stereocenters. The molecule has 2 heterocycles. The summed E-state index contributed by atoms with van der Waals surface area (Å²) in [7, 11) is 1.95. The molecule has 0 saturated carbocycles. The van der Waals surface area contributed by atoms with Crippen molar-refractivity contribution in [2.45, 2.75) is 45.9 Å². The van der Waals surface area contributed by atoms with E-state index in [0.717, 1.165) is 40.6 Å². The van der Waals surface area contributed by atoms with Gasteiger partial charge >= 0.3 is 0 Å². The molecule has 4 rings (SSSR count). The fourth-order valence-electron chi connectivity index (χ4n) is 3.78. The zero-order valence-corrected chi connectivity index (χ0v) is 18.9. The Morgan fingerprint density at radius 1 is 1.03 bits per heavy atom. The predicted molar refractivity (Wildman–Crippen MR) is 126 cm³/mol. The molecule has 32 heavy (non-hydrogen) atoms. The summed E-state index contributed by atoms with van der Waals surface area (Å²) >= 11 is 0. The summed E-state index contributed by atoms with van der Waals surface area (Å²) in [4.78, 5) is 19.2. The van der Waals surface area contributed by atoms with E-state index in [1.807, 2.05) is 55.7 Å². The number of fused-ring (bicyclic) bond motifs is 1. The minimum Gasteiger partial charge on any atom is -0.439 e. The number of benzene rings is 2. The van der Waals surface area contributed by atoms with Gasteiger partial charge in [0, 0.05) is 22.7 Å². The SMILES string of the molecule is CC[C@@H](C)CC(NC)c1nc(COOCc2ccccc2)c(-c2c[nH]c3ccccc23)o1. The zero-order chi connectivity index (χ0) is 22.3. The van der Waals surface area contributed by atoms with Gasteiger partial charge in [-0.15, -0.1) is 0 Å². The molecule has 0 saturated heterocycles. The number of H-pyrrole nitrogens is 1. The Labute approximate surface area is 188 Å². The highest BCUT2D eigenvalue weighted by molar-refractivity contribution is 5.94. The van der Waals surface area contributed by atoms with Crippen LogP contribution in [0.1, 0.15) is 49.9 Å². The number of hydrogen-bond acceptors (Lipinski definition) is 5. The maximum absolute atomic E-state index is 6.35. The molecule has 0 bridgehead atoms. The molecule has 6 nitrogen and oxygen atoms in total. The Bertz CT molecular complexity index is 1120. The molecule has 0 fully saturated rings. The second-order valence-corrected chi connectivity index (χ2v) is 8.18. The van der Waals surface area contributed by atoms with Crippen molar-refractivity contribution in [3.63, 3.8) is 0 Å². The van der Waals surface area contributed by atoms with E-state index in [1.54, 1.807) is 0 Å². The van der Waals surface area contributed by atoms with Crippen LogP contribution >= 0.6 is 0 Å². The third kappa shape index (κ3) is 5.10. The van der Waals surface area contributed by atoms with Crippen molar-refractivity contribution in [3.8, 4) is 11.3 Å². The van der Waals surface area contributed by atoms with Crippen LogP contribution < -0.4 is 5.32 Å². The average molecular weight is 434 g/mol. The van der Waals surface area contributed by atoms with Crippen LogP contribution in [0.5, 0.6) is 0 Å². The van der Waals surface area contributed by atoms with Gasteiger partial charge in [0.15, 0.2) is 5.76 Å². The van der Waals surface area contributed by atoms with E-state index in [4.69, 9.17) is 19.2 Å². The van der Waals surface area contributed by atoms with Gasteiger partial charge in [0.05, 0.1) is 6.04 Å². The number of oxazole rings is 1. The Morgan fingerprint density at radius 2 is 1.78 bits per heavy atom. The van der Waals surface area contributed by atoms with E-state index in [2.05, 4.69) is 36.3 Å². The molecule has 0 aliphatic heterocycles. The van der Waals surface area contributed by atoms with E-state index < -0.39 is 0 Å². The van der Waals surface area contributed by atoms with E-state index >= 15 is 0 Å². The first-order chi connectivity index (χ1) is 15.7. The molecule has 0 radical (unpaired) electrons. The van der Waals surface area contributed by atoms with Crippen molar-refractivity contribution in [1.82, 2.24) is 15.3 Å². The lowest BCUT2D eigenvalue weighted by Gasteiger charge is -2.16. The number of nitrogens with one attached hydrogen (secondary N) is 2. The van der Waals surface area contributed by atoms with Crippen LogP contribution in [0.25, 0.3) is 22.2 Å². The van der Waals surface area contributed by atoms with Gasteiger partial charge in [-0.3, -0.25) is 0 Å². The van der Waals surface area contributed by atoms with Crippen LogP contribution in [0.2, 0.25) is 0 Å². The smallest absolute Gasteiger partial charge is 0.212 e. The van der Waals surface area contributed by atoms with E-state index in [-0.39, 0.29) is 12.6 Å². The van der Waals surface area contributed by atoms with Gasteiger partial charge in [0.2, 0.25) is 5.89 Å². The van der Waals surface area contributed by atoms with Gasteiger partial charge in [-0.1, -0.05) is 68.8 Å². The van der Waals surface area contributed by atoms with Crippen molar-refractivity contribution >= 4 is 10.9 Å². The summed E-state index contributed by atoms with van der Waals surface area (Å²) in [5.41, 5.74) is 3.80. The maximum Gasteiger partial charge on any atom is 0.212 e. The first kappa shape index (κ1) is 22.3. The third-order valence-electron chi connectivity index (χ3n) is 5.88. The van der Waals surface area contributed by atoms with Crippen molar-refractivity contribution in [2.24, 2.45) is 5.92 Å². The number of aromatic amines is 1. The van der Waals surface area contributed by atoms with Crippen LogP contribution in [0.15, 0.2) is 65.2 Å². The van der Waals surface area contributed by atoms with Crippen molar-refractivity contribution in [3.05, 3.63) is 77.9 Å². The number of para-hydroxylation sites is 1. The average Bonchev–Trinajstić information content (AvgIpc) is 3.45. The lowest BCUT2D eigenvalue weighted by atomic mass is 9.99. The molecule has 6 heteroatoms. The van der Waals surface area contributed by atoms with Crippen LogP contribution in [0.3, 0.4) is 0 Å². The molecule has 0 amide bonds. The number of aromatic nitrogens is 2. The molecular formula is C26H31N3O3. The fraction of sp³-hybridized carbons (Fsp3) is 0.346. The van der Waals surface area contributed by atoms with Gasteiger partial charge in [-0.05, 0) is 31.0 Å². The minimum absolute atomic E-state index is 0.0351. The monoisotopic (exact) mass is 433 g/mol. The Morgan fingerprint density at radius 3 is 2.56 bits per heavy atom. The van der Waals surface area contributed by atoms with Crippen molar-refractivity contribution in [2.75, 3.05) is 7.05 Å². The topological polar surface area (TPSA) is 72.3 Å². The standard InChI is InChI=1S/C26H31N3O3/c1-4-18(2)14-23(27-3)26-29-24(17-31-30-16-19-10-6-5-7-11-19)25(32-26)21-15-28-22-13-9-8-12-20(21)22/h5-13,15,18,23,27-28H,4,14,16-17H2,1-3H3/t18-,23?/m1/s1. The highest BCUT2D eigenvalue weighted by atomic mass is 17.2. The maximum atomic E-state index is 6.35. The fourth-order valence-corrected chi connectivity index (χ4v) is 3.78. The van der Waals surface area contributed by atoms with Gasteiger partial charge in [0.1, 0.15) is 18.9 Å². The summed E-state index contributed by atoms with van der Waals surface area (Å²) in [6.07, 6.45) is 4.02. The molecule has 168 valence electrons. The van der Waals surface area contributed by atoms with E-state index in [9.17, 15) is 0 Å². The second kappa shape index (κ2) is 10.6. The number of rotatable bonds is 11. The molecule has 1 unspecified atom stereocenters. The number of nitrogens with zero attached hydrogens (tertiary/aromatic N) is 1. The van der Waals surface area contributed by atoms with Crippen molar-refractivity contribution < 1.29 is 14.2 Å². The third-order valence-corrected chi connectivity index (χ3v) is 5.88.